The van der Waals surface area contributed by atoms with Gasteiger partial charge in [0.05, 0.1) is 23.4 Å². The second-order valence-electron chi connectivity index (χ2n) is 11.8. The summed E-state index contributed by atoms with van der Waals surface area (Å²) in [6, 6.07) is 9.86. The van der Waals surface area contributed by atoms with Crippen molar-refractivity contribution < 1.29 is 36.2 Å². The molecule has 4 aromatic rings. The summed E-state index contributed by atoms with van der Waals surface area (Å²) in [4.78, 5) is 28.7. The van der Waals surface area contributed by atoms with Crippen molar-refractivity contribution in [1.29, 1.82) is 0 Å². The number of hydrogen-bond acceptors (Lipinski definition) is 7. The SMILES string of the molecule is CCOC(=O)c1cc2c(-c3cc(CS(C)(=O)=O)ccc3Oc3ccc(F)cc3F)n(COCC[Si](C)(C)C)c(C)c2c(=O)[nH]1. The van der Waals surface area contributed by atoms with Gasteiger partial charge in [0.25, 0.3) is 5.56 Å². The number of H-pyrrole nitrogens is 1. The molecule has 0 spiro atoms. The van der Waals surface area contributed by atoms with Gasteiger partial charge in [0, 0.05) is 43.6 Å². The highest BCUT2D eigenvalue weighted by atomic mass is 32.2. The van der Waals surface area contributed by atoms with E-state index in [9.17, 15) is 26.8 Å². The Morgan fingerprint density at radius 3 is 2.39 bits per heavy atom. The number of esters is 1. The summed E-state index contributed by atoms with van der Waals surface area (Å²) in [5, 5.41) is 0.623. The van der Waals surface area contributed by atoms with Crippen molar-refractivity contribution in [1.82, 2.24) is 9.55 Å². The van der Waals surface area contributed by atoms with Gasteiger partial charge in [-0.05, 0) is 55.8 Å². The number of rotatable bonds is 12. The summed E-state index contributed by atoms with van der Waals surface area (Å²) in [7, 11) is -4.88. The van der Waals surface area contributed by atoms with Crippen LogP contribution in [0.4, 0.5) is 8.78 Å². The minimum absolute atomic E-state index is 0.0230. The molecule has 4 rings (SSSR count). The summed E-state index contributed by atoms with van der Waals surface area (Å²) < 4.78 is 71.7. The molecular weight excluding hydrogens is 610 g/mol. The second kappa shape index (κ2) is 13.0. The van der Waals surface area contributed by atoms with E-state index in [1.54, 1.807) is 24.5 Å². The summed E-state index contributed by atoms with van der Waals surface area (Å²) in [5.41, 5.74) is 0.999. The highest BCUT2D eigenvalue weighted by molar-refractivity contribution is 7.89. The zero-order chi connectivity index (χ0) is 32.4. The van der Waals surface area contributed by atoms with E-state index in [4.69, 9.17) is 14.2 Å². The fourth-order valence-corrected chi connectivity index (χ4v) is 6.32. The average Bonchev–Trinajstić information content (AvgIpc) is 3.19. The molecule has 0 saturated carbocycles. The van der Waals surface area contributed by atoms with Crippen LogP contribution in [0, 0.1) is 18.6 Å². The number of aromatic nitrogens is 2. The monoisotopic (exact) mass is 646 g/mol. The van der Waals surface area contributed by atoms with E-state index < -0.39 is 41.1 Å². The molecule has 0 aliphatic rings. The number of aromatic amines is 1. The van der Waals surface area contributed by atoms with Crippen LogP contribution in [-0.4, -0.2) is 51.5 Å². The summed E-state index contributed by atoms with van der Waals surface area (Å²) >= 11 is 0. The van der Waals surface area contributed by atoms with E-state index in [0.29, 0.717) is 40.6 Å². The maximum atomic E-state index is 14.7. The molecule has 13 heteroatoms. The minimum Gasteiger partial charge on any atom is -0.461 e. The molecule has 1 N–H and O–H groups in total. The Hall–Kier alpha value is -3.81. The van der Waals surface area contributed by atoms with Gasteiger partial charge in [0.2, 0.25) is 0 Å². The number of sulfone groups is 1. The van der Waals surface area contributed by atoms with Gasteiger partial charge in [0.15, 0.2) is 21.4 Å². The van der Waals surface area contributed by atoms with Gasteiger partial charge < -0.3 is 23.8 Å². The largest absolute Gasteiger partial charge is 0.461 e. The molecule has 0 amide bonds. The second-order valence-corrected chi connectivity index (χ2v) is 19.6. The molecule has 0 saturated heterocycles. The first-order valence-electron chi connectivity index (χ1n) is 14.0. The lowest BCUT2D eigenvalue weighted by Gasteiger charge is -2.19. The molecule has 2 aromatic carbocycles. The fraction of sp³-hybridized carbons (Fsp3) is 0.355. The first-order chi connectivity index (χ1) is 20.6. The molecule has 0 aliphatic heterocycles. The zero-order valence-electron chi connectivity index (χ0n) is 25.5. The minimum atomic E-state index is -3.46. The van der Waals surface area contributed by atoms with Crippen molar-refractivity contribution in [2.75, 3.05) is 19.5 Å². The number of hydrogen-bond donors (Lipinski definition) is 1. The number of pyridine rings is 1. The lowest BCUT2D eigenvalue weighted by atomic mass is 10.0. The molecule has 2 heterocycles. The van der Waals surface area contributed by atoms with E-state index >= 15 is 0 Å². The Kier molecular flexibility index (Phi) is 9.81. The summed E-state index contributed by atoms with van der Waals surface area (Å²) in [6.07, 6.45) is 1.10. The molecule has 0 aliphatic carbocycles. The topological polar surface area (TPSA) is 117 Å². The van der Waals surface area contributed by atoms with E-state index in [1.807, 2.05) is 0 Å². The van der Waals surface area contributed by atoms with Gasteiger partial charge in [-0.25, -0.2) is 22.0 Å². The number of nitrogens with zero attached hydrogens (tertiary/aromatic N) is 1. The first-order valence-corrected chi connectivity index (χ1v) is 19.8. The number of fused-ring (bicyclic) bond motifs is 1. The van der Waals surface area contributed by atoms with E-state index in [0.717, 1.165) is 24.4 Å². The van der Waals surface area contributed by atoms with Crippen LogP contribution in [0.2, 0.25) is 25.7 Å². The van der Waals surface area contributed by atoms with Crippen LogP contribution < -0.4 is 10.3 Å². The normalized spacial score (nSPS) is 12.1. The Labute approximate surface area is 255 Å². The third kappa shape index (κ3) is 7.82. The van der Waals surface area contributed by atoms with Crippen molar-refractivity contribution >= 4 is 34.7 Å². The van der Waals surface area contributed by atoms with Crippen molar-refractivity contribution in [3.63, 3.8) is 0 Å². The molecule has 0 bridgehead atoms. The maximum Gasteiger partial charge on any atom is 0.354 e. The van der Waals surface area contributed by atoms with Crippen molar-refractivity contribution in [3.8, 4) is 22.8 Å². The number of aryl methyl sites for hydroxylation is 1. The maximum absolute atomic E-state index is 14.7. The number of benzene rings is 2. The number of ether oxygens (including phenoxy) is 3. The highest BCUT2D eigenvalue weighted by Gasteiger charge is 2.25. The van der Waals surface area contributed by atoms with E-state index in [2.05, 4.69) is 24.6 Å². The molecular formula is C31H36F2N2O7SSi. The van der Waals surface area contributed by atoms with Gasteiger partial charge in [-0.1, -0.05) is 25.7 Å². The molecule has 2 aromatic heterocycles. The predicted octanol–water partition coefficient (Wildman–Crippen LogP) is 6.41. The third-order valence-electron chi connectivity index (χ3n) is 6.88. The molecule has 236 valence electrons. The van der Waals surface area contributed by atoms with Gasteiger partial charge in [-0.2, -0.15) is 0 Å². The quantitative estimate of drug-likeness (QED) is 0.107. The lowest BCUT2D eigenvalue weighted by molar-refractivity contribution is 0.0519. The van der Waals surface area contributed by atoms with E-state index in [-0.39, 0.29) is 41.7 Å². The van der Waals surface area contributed by atoms with Crippen LogP contribution in [0.3, 0.4) is 0 Å². The predicted molar refractivity (Wildman–Crippen MR) is 168 cm³/mol. The van der Waals surface area contributed by atoms with Crippen LogP contribution in [0.1, 0.15) is 28.7 Å². The lowest BCUT2D eigenvalue weighted by Crippen LogP contribution is -2.22. The molecule has 0 atom stereocenters. The number of nitrogens with one attached hydrogen (secondary N) is 1. The molecule has 0 unspecified atom stereocenters. The smallest absolute Gasteiger partial charge is 0.354 e. The standard InChI is InChI=1S/C31H36F2N2O7SSi/c1-7-41-31(37)25-16-23-28(30(36)34-25)19(2)35(18-40-12-13-44(4,5)6)29(23)22-14-20(17-43(3,38)39)8-10-26(22)42-27-11-9-21(32)15-24(27)33/h8-11,14-16H,7,12-13,17-18H2,1-6H3,(H,34,36). The van der Waals surface area contributed by atoms with Gasteiger partial charge in [0.1, 0.15) is 24.0 Å². The number of carbonyl (C=O) groups excluding carboxylic acids is 1. The Morgan fingerprint density at radius 1 is 1.05 bits per heavy atom. The zero-order valence-corrected chi connectivity index (χ0v) is 27.4. The number of carbonyl (C=O) groups is 1. The Bertz CT molecular complexity index is 1880. The molecule has 0 fully saturated rings. The van der Waals surface area contributed by atoms with Crippen LogP contribution in [-0.2, 0) is 31.8 Å². The van der Waals surface area contributed by atoms with Crippen LogP contribution in [0.5, 0.6) is 11.5 Å². The Balaban J connectivity index is 2.00. The van der Waals surface area contributed by atoms with Gasteiger partial charge >= 0.3 is 5.97 Å². The highest BCUT2D eigenvalue weighted by Crippen LogP contribution is 2.41. The van der Waals surface area contributed by atoms with Gasteiger partial charge in [-0.3, -0.25) is 4.79 Å². The van der Waals surface area contributed by atoms with Crippen LogP contribution in [0.15, 0.2) is 47.3 Å². The summed E-state index contributed by atoms with van der Waals surface area (Å²) in [6.45, 7) is 10.6. The number of halogens is 2. The molecule has 0 radical (unpaired) electrons. The van der Waals surface area contributed by atoms with Crippen LogP contribution >= 0.6 is 0 Å². The van der Waals surface area contributed by atoms with Crippen molar-refractivity contribution in [2.24, 2.45) is 0 Å². The summed E-state index contributed by atoms with van der Waals surface area (Å²) in [5.74, 6) is -2.92. The molecule has 44 heavy (non-hydrogen) atoms. The molecule has 9 nitrogen and oxygen atoms in total. The van der Waals surface area contributed by atoms with E-state index in [1.165, 1.54) is 18.2 Å². The average molecular weight is 647 g/mol. The van der Waals surface area contributed by atoms with Gasteiger partial charge in [-0.15, -0.1) is 0 Å². The van der Waals surface area contributed by atoms with Crippen LogP contribution in [0.25, 0.3) is 22.0 Å². The Morgan fingerprint density at radius 2 is 1.75 bits per heavy atom. The third-order valence-corrected chi connectivity index (χ3v) is 9.44. The van der Waals surface area contributed by atoms with Crippen molar-refractivity contribution in [3.05, 3.63) is 81.4 Å². The fourth-order valence-electron chi connectivity index (χ4n) is 4.78. The van der Waals surface area contributed by atoms with Crippen molar-refractivity contribution in [2.45, 2.75) is 52.0 Å². The first kappa shape index (κ1) is 33.1.